The summed E-state index contributed by atoms with van der Waals surface area (Å²) in [5, 5.41) is 0. The van der Waals surface area contributed by atoms with E-state index in [1.807, 2.05) is 24.4 Å². The maximum atomic E-state index is 5.51. The Morgan fingerprint density at radius 3 is 2.64 bits per heavy atom. The van der Waals surface area contributed by atoms with E-state index in [1.54, 1.807) is 0 Å². The van der Waals surface area contributed by atoms with E-state index < -0.39 is 0 Å². The minimum atomic E-state index is 0. The van der Waals surface area contributed by atoms with Gasteiger partial charge in [0, 0.05) is 12.1 Å². The van der Waals surface area contributed by atoms with Crippen LogP contribution in [0.3, 0.4) is 0 Å². The van der Waals surface area contributed by atoms with Gasteiger partial charge in [-0.15, -0.1) is 0 Å². The molecule has 1 heterocycles. The van der Waals surface area contributed by atoms with Crippen molar-refractivity contribution in [2.45, 2.75) is 20.0 Å². The van der Waals surface area contributed by atoms with E-state index >= 15 is 0 Å². The van der Waals surface area contributed by atoms with Gasteiger partial charge in [0.25, 0.3) is 0 Å². The summed E-state index contributed by atoms with van der Waals surface area (Å²) in [5.41, 5.74) is 6.69. The van der Waals surface area contributed by atoms with Crippen LogP contribution in [0.4, 0.5) is 0 Å². The molecule has 2 N–H and O–H groups in total. The molecule has 2 nitrogen and oxygen atoms in total. The molecular weight excluding hydrogens is 251 g/mol. The molecule has 11 heavy (non-hydrogen) atoms. The number of nitrogens with zero attached hydrogens (tertiary/aromatic N) is 1. The van der Waals surface area contributed by atoms with E-state index in [4.69, 9.17) is 5.73 Å². The van der Waals surface area contributed by atoms with Gasteiger partial charge in [-0.1, -0.05) is 6.07 Å². The van der Waals surface area contributed by atoms with Crippen LogP contribution in [0.25, 0.3) is 0 Å². The second kappa shape index (κ2) is 5.49. The lowest BCUT2D eigenvalue weighted by atomic mass is 10.3. The Morgan fingerprint density at radius 2 is 2.18 bits per heavy atom. The molecule has 0 spiro atoms. The molecule has 0 amide bonds. The van der Waals surface area contributed by atoms with Crippen LogP contribution >= 0.6 is 0 Å². The van der Waals surface area contributed by atoms with Gasteiger partial charge in [0.15, 0.2) is 11.9 Å². The van der Waals surface area contributed by atoms with Crippen molar-refractivity contribution in [1.29, 1.82) is 0 Å². The third-order valence-corrected chi connectivity index (χ3v) is 1.58. The average Bonchev–Trinajstić information content (AvgIpc) is 2.04. The lowest BCUT2D eigenvalue weighted by molar-refractivity contribution is -0.700. The lowest BCUT2D eigenvalue weighted by Gasteiger charge is -1.96. The molecule has 0 unspecified atom stereocenters. The van der Waals surface area contributed by atoms with Crippen molar-refractivity contribution < 1.29 is 28.5 Å². The van der Waals surface area contributed by atoms with E-state index in [-0.39, 0.29) is 24.0 Å². The molecule has 62 valence electrons. The monoisotopic (exact) mass is 264 g/mol. The van der Waals surface area contributed by atoms with Crippen LogP contribution in [-0.4, -0.2) is 0 Å². The molecule has 0 fully saturated rings. The summed E-state index contributed by atoms with van der Waals surface area (Å²) in [6, 6.07) is 6.07. The van der Waals surface area contributed by atoms with Crippen molar-refractivity contribution in [3.63, 3.8) is 0 Å². The molecule has 1 aromatic heterocycles. The summed E-state index contributed by atoms with van der Waals surface area (Å²) in [4.78, 5) is 0. The van der Waals surface area contributed by atoms with Gasteiger partial charge >= 0.3 is 0 Å². The largest absolute Gasteiger partial charge is 1.00 e. The Hall–Kier alpha value is -0.160. The standard InChI is InChI=1S/C8H13N2.HI/c1-2-10-6-4-3-5-8(10)7-9;/h3-6H,2,7,9H2,1H3;1H/q+1;/p-1. The Morgan fingerprint density at radius 1 is 1.45 bits per heavy atom. The predicted octanol–water partition coefficient (Wildman–Crippen LogP) is -2.54. The summed E-state index contributed by atoms with van der Waals surface area (Å²) in [6.07, 6.45) is 2.04. The van der Waals surface area contributed by atoms with Gasteiger partial charge in [-0.2, -0.15) is 0 Å². The Kier molecular flexibility index (Phi) is 5.41. The van der Waals surface area contributed by atoms with Crippen LogP contribution in [0.1, 0.15) is 12.6 Å². The average molecular weight is 264 g/mol. The fourth-order valence-corrected chi connectivity index (χ4v) is 1.01. The van der Waals surface area contributed by atoms with E-state index in [2.05, 4.69) is 11.5 Å². The zero-order chi connectivity index (χ0) is 7.40. The van der Waals surface area contributed by atoms with Crippen molar-refractivity contribution in [3.05, 3.63) is 30.1 Å². The van der Waals surface area contributed by atoms with Crippen molar-refractivity contribution in [1.82, 2.24) is 0 Å². The smallest absolute Gasteiger partial charge is 0.195 e. The molecule has 0 aliphatic carbocycles. The van der Waals surface area contributed by atoms with Gasteiger partial charge in [-0.05, 0) is 6.92 Å². The van der Waals surface area contributed by atoms with Crippen LogP contribution in [0.2, 0.25) is 0 Å². The number of rotatable bonds is 2. The Balaban J connectivity index is 0.000001000. The number of aromatic nitrogens is 1. The third kappa shape index (κ3) is 2.75. The highest BCUT2D eigenvalue weighted by Gasteiger charge is 2.01. The van der Waals surface area contributed by atoms with Crippen molar-refractivity contribution in [3.8, 4) is 0 Å². The Bertz CT molecular complexity index is 190. The highest BCUT2D eigenvalue weighted by Crippen LogP contribution is 1.87. The highest BCUT2D eigenvalue weighted by molar-refractivity contribution is 4.96. The first-order chi connectivity index (χ1) is 4.88. The Labute approximate surface area is 84.4 Å². The number of nitrogens with two attached hydrogens (primary N) is 1. The minimum absolute atomic E-state index is 0. The fraction of sp³-hybridized carbons (Fsp3) is 0.375. The summed E-state index contributed by atoms with van der Waals surface area (Å²) < 4.78 is 2.14. The summed E-state index contributed by atoms with van der Waals surface area (Å²) in [6.45, 7) is 3.72. The molecule has 0 bridgehead atoms. The number of hydrogen-bond acceptors (Lipinski definition) is 1. The van der Waals surface area contributed by atoms with Crippen LogP contribution in [0.5, 0.6) is 0 Å². The zero-order valence-electron chi connectivity index (χ0n) is 6.63. The second-order valence-electron chi connectivity index (χ2n) is 2.18. The molecule has 0 saturated carbocycles. The summed E-state index contributed by atoms with van der Waals surface area (Å²) >= 11 is 0. The number of aryl methyl sites for hydroxylation is 1. The zero-order valence-corrected chi connectivity index (χ0v) is 8.78. The van der Waals surface area contributed by atoms with Crippen LogP contribution in [-0.2, 0) is 13.1 Å². The molecule has 0 atom stereocenters. The minimum Gasteiger partial charge on any atom is -1.00 e. The van der Waals surface area contributed by atoms with Gasteiger partial charge in [0.05, 0.1) is 6.54 Å². The highest BCUT2D eigenvalue weighted by atomic mass is 127. The van der Waals surface area contributed by atoms with Gasteiger partial charge in [0.2, 0.25) is 0 Å². The van der Waals surface area contributed by atoms with E-state index in [0.29, 0.717) is 6.54 Å². The predicted molar refractivity (Wildman–Crippen MR) is 40.2 cm³/mol. The lowest BCUT2D eigenvalue weighted by Crippen LogP contribution is -3.00. The van der Waals surface area contributed by atoms with Gasteiger partial charge < -0.3 is 29.7 Å². The van der Waals surface area contributed by atoms with Gasteiger partial charge in [0.1, 0.15) is 6.54 Å². The fourth-order valence-electron chi connectivity index (χ4n) is 1.01. The number of hydrogen-bond donors (Lipinski definition) is 1. The first-order valence-corrected chi connectivity index (χ1v) is 3.56. The maximum Gasteiger partial charge on any atom is 0.195 e. The van der Waals surface area contributed by atoms with Crippen molar-refractivity contribution in [2.24, 2.45) is 5.73 Å². The molecule has 0 radical (unpaired) electrons. The SMILES string of the molecule is CC[n+]1ccccc1CN.[I-]. The number of halogens is 1. The van der Waals surface area contributed by atoms with E-state index in [9.17, 15) is 0 Å². The van der Waals surface area contributed by atoms with Gasteiger partial charge in [-0.25, -0.2) is 4.57 Å². The second-order valence-corrected chi connectivity index (χ2v) is 2.18. The topological polar surface area (TPSA) is 29.9 Å². The van der Waals surface area contributed by atoms with Gasteiger partial charge in [-0.3, -0.25) is 0 Å². The summed E-state index contributed by atoms with van der Waals surface area (Å²) in [7, 11) is 0. The first kappa shape index (κ1) is 10.8. The van der Waals surface area contributed by atoms with Crippen molar-refractivity contribution in [2.75, 3.05) is 0 Å². The third-order valence-electron chi connectivity index (χ3n) is 1.58. The molecule has 3 heteroatoms. The van der Waals surface area contributed by atoms with E-state index in [0.717, 1.165) is 6.54 Å². The van der Waals surface area contributed by atoms with Crippen LogP contribution < -0.4 is 34.3 Å². The quantitative estimate of drug-likeness (QED) is 0.463. The van der Waals surface area contributed by atoms with E-state index in [1.165, 1.54) is 5.69 Å². The molecule has 1 aromatic rings. The molecule has 0 saturated heterocycles. The van der Waals surface area contributed by atoms with Crippen molar-refractivity contribution >= 4 is 0 Å². The summed E-state index contributed by atoms with van der Waals surface area (Å²) in [5.74, 6) is 0. The van der Waals surface area contributed by atoms with Crippen LogP contribution in [0, 0.1) is 0 Å². The van der Waals surface area contributed by atoms with Crippen LogP contribution in [0.15, 0.2) is 24.4 Å². The molecule has 0 aromatic carbocycles. The molecule has 0 aliphatic rings. The number of pyridine rings is 1. The maximum absolute atomic E-state index is 5.51. The normalized spacial score (nSPS) is 8.91. The molecule has 0 aliphatic heterocycles. The molecular formula is C8H13IN2. The first-order valence-electron chi connectivity index (χ1n) is 3.56. The molecule has 1 rings (SSSR count).